The summed E-state index contributed by atoms with van der Waals surface area (Å²) in [5, 5.41) is 0. The van der Waals surface area contributed by atoms with Crippen LogP contribution < -0.4 is 4.74 Å². The minimum Gasteiger partial charge on any atom is -0.472 e. The largest absolute Gasteiger partial charge is 0.472 e. The second-order valence-corrected chi connectivity index (χ2v) is 6.36. The Bertz CT molecular complexity index is 507. The zero-order valence-electron chi connectivity index (χ0n) is 12.8. The van der Waals surface area contributed by atoms with E-state index in [2.05, 4.69) is 9.97 Å². The highest BCUT2D eigenvalue weighted by molar-refractivity contribution is 6.19. The van der Waals surface area contributed by atoms with Gasteiger partial charge in [0.1, 0.15) is 11.9 Å². The van der Waals surface area contributed by atoms with Crippen molar-refractivity contribution in [2.75, 3.05) is 19.0 Å². The summed E-state index contributed by atoms with van der Waals surface area (Å²) in [6.07, 6.45) is 3.51. The van der Waals surface area contributed by atoms with Gasteiger partial charge in [0.2, 0.25) is 11.8 Å². The Balaban J connectivity index is 1.99. The Hall–Kier alpha value is -1.36. The van der Waals surface area contributed by atoms with Crippen LogP contribution in [-0.4, -0.2) is 45.8 Å². The molecule has 0 aliphatic carbocycles. The van der Waals surface area contributed by atoms with Gasteiger partial charge in [-0.25, -0.2) is 4.98 Å². The summed E-state index contributed by atoms with van der Waals surface area (Å²) < 4.78 is 5.88. The number of likely N-dealkylation sites (tertiary alicyclic amines) is 1. The van der Waals surface area contributed by atoms with Crippen LogP contribution in [0, 0.1) is 12.3 Å². The number of hydrogen-bond acceptors (Lipinski definition) is 4. The van der Waals surface area contributed by atoms with Gasteiger partial charge in [0.15, 0.2) is 0 Å². The van der Waals surface area contributed by atoms with Crippen molar-refractivity contribution >= 4 is 17.5 Å². The molecule has 1 atom stereocenters. The summed E-state index contributed by atoms with van der Waals surface area (Å²) in [4.78, 5) is 22.6. The van der Waals surface area contributed by atoms with Gasteiger partial charge in [0.05, 0.1) is 12.0 Å². The third-order valence-electron chi connectivity index (χ3n) is 3.62. The maximum Gasteiger partial charge on any atom is 0.229 e. The monoisotopic (exact) mass is 311 g/mol. The van der Waals surface area contributed by atoms with Crippen molar-refractivity contribution in [3.63, 3.8) is 0 Å². The fourth-order valence-corrected chi connectivity index (χ4v) is 2.49. The Labute approximate surface area is 130 Å². The van der Waals surface area contributed by atoms with E-state index in [0.717, 1.165) is 19.4 Å². The van der Waals surface area contributed by atoms with E-state index in [0.29, 0.717) is 24.1 Å². The molecule has 0 bridgehead atoms. The first-order valence-corrected chi connectivity index (χ1v) is 7.77. The Kier molecular flexibility index (Phi) is 5.04. The number of halogens is 1. The van der Waals surface area contributed by atoms with E-state index in [1.54, 1.807) is 12.3 Å². The van der Waals surface area contributed by atoms with Crippen molar-refractivity contribution in [1.82, 2.24) is 14.9 Å². The second kappa shape index (κ2) is 6.60. The van der Waals surface area contributed by atoms with Crippen LogP contribution in [-0.2, 0) is 4.79 Å². The lowest BCUT2D eigenvalue weighted by atomic mass is 9.93. The lowest BCUT2D eigenvalue weighted by molar-refractivity contribution is -0.142. The van der Waals surface area contributed by atoms with Crippen LogP contribution in [0.4, 0.5) is 0 Å². The third kappa shape index (κ3) is 4.06. The van der Waals surface area contributed by atoms with Gasteiger partial charge in [-0.15, -0.1) is 11.6 Å². The number of ether oxygens (including phenoxy) is 1. The van der Waals surface area contributed by atoms with Gasteiger partial charge in [0, 0.05) is 24.7 Å². The van der Waals surface area contributed by atoms with Crippen LogP contribution >= 0.6 is 11.6 Å². The molecule has 6 heteroatoms. The molecule has 2 rings (SSSR count). The van der Waals surface area contributed by atoms with Gasteiger partial charge in [-0.1, -0.05) is 0 Å². The number of piperidine rings is 1. The molecule has 1 aliphatic rings. The Morgan fingerprint density at radius 1 is 1.57 bits per heavy atom. The van der Waals surface area contributed by atoms with Crippen molar-refractivity contribution in [3.05, 3.63) is 18.1 Å². The topological polar surface area (TPSA) is 55.3 Å². The van der Waals surface area contributed by atoms with Crippen LogP contribution in [0.5, 0.6) is 5.88 Å². The molecular weight excluding hydrogens is 290 g/mol. The standard InChI is InChI=1S/C15H22ClN3O2/c1-11-17-7-6-13(18-11)21-12-5-4-8-19(9-12)14(20)15(2,3)10-16/h6-7,12H,4-5,8-10H2,1-3H3. The van der Waals surface area contributed by atoms with Crippen LogP contribution in [0.2, 0.25) is 0 Å². The fraction of sp³-hybridized carbons (Fsp3) is 0.667. The number of alkyl halides is 1. The third-order valence-corrected chi connectivity index (χ3v) is 4.28. The summed E-state index contributed by atoms with van der Waals surface area (Å²) >= 11 is 5.90. The van der Waals surface area contributed by atoms with Gasteiger partial charge in [-0.2, -0.15) is 4.98 Å². The maximum absolute atomic E-state index is 12.5. The van der Waals surface area contributed by atoms with E-state index in [9.17, 15) is 4.79 Å². The zero-order valence-corrected chi connectivity index (χ0v) is 13.6. The Morgan fingerprint density at radius 2 is 2.33 bits per heavy atom. The highest BCUT2D eigenvalue weighted by Crippen LogP contribution is 2.24. The number of rotatable bonds is 4. The number of aryl methyl sites for hydroxylation is 1. The van der Waals surface area contributed by atoms with Crippen molar-refractivity contribution in [2.45, 2.75) is 39.7 Å². The van der Waals surface area contributed by atoms with Crippen molar-refractivity contribution in [3.8, 4) is 5.88 Å². The first kappa shape index (κ1) is 16.0. The fourth-order valence-electron chi connectivity index (χ4n) is 2.37. The van der Waals surface area contributed by atoms with E-state index in [4.69, 9.17) is 16.3 Å². The van der Waals surface area contributed by atoms with E-state index in [-0.39, 0.29) is 12.0 Å². The van der Waals surface area contributed by atoms with Gasteiger partial charge in [-0.05, 0) is 33.6 Å². The summed E-state index contributed by atoms with van der Waals surface area (Å²) in [7, 11) is 0. The molecule has 116 valence electrons. The van der Waals surface area contributed by atoms with Crippen LogP contribution in [0.25, 0.3) is 0 Å². The van der Waals surface area contributed by atoms with E-state index in [1.165, 1.54) is 0 Å². The molecule has 1 amide bonds. The molecule has 1 unspecified atom stereocenters. The molecule has 0 radical (unpaired) electrons. The summed E-state index contributed by atoms with van der Waals surface area (Å²) in [6, 6.07) is 1.75. The molecular formula is C15H22ClN3O2. The molecule has 1 aliphatic heterocycles. The van der Waals surface area contributed by atoms with Gasteiger partial charge in [0.25, 0.3) is 0 Å². The highest BCUT2D eigenvalue weighted by Gasteiger charge is 2.34. The molecule has 1 aromatic heterocycles. The van der Waals surface area contributed by atoms with E-state index < -0.39 is 5.41 Å². The predicted octanol–water partition coefficient (Wildman–Crippen LogP) is 2.42. The van der Waals surface area contributed by atoms with Crippen molar-refractivity contribution in [2.24, 2.45) is 5.41 Å². The maximum atomic E-state index is 12.5. The van der Waals surface area contributed by atoms with E-state index >= 15 is 0 Å². The number of aromatic nitrogens is 2. The summed E-state index contributed by atoms with van der Waals surface area (Å²) in [5.74, 6) is 1.65. The van der Waals surface area contributed by atoms with Crippen molar-refractivity contribution < 1.29 is 9.53 Å². The molecule has 0 N–H and O–H groups in total. The molecule has 1 fully saturated rings. The zero-order chi connectivity index (χ0) is 15.5. The smallest absolute Gasteiger partial charge is 0.229 e. The number of nitrogens with zero attached hydrogens (tertiary/aromatic N) is 3. The molecule has 0 aromatic carbocycles. The first-order chi connectivity index (χ1) is 9.92. The van der Waals surface area contributed by atoms with Crippen LogP contribution in [0.3, 0.4) is 0 Å². The highest BCUT2D eigenvalue weighted by atomic mass is 35.5. The minimum atomic E-state index is -0.533. The number of carbonyl (C=O) groups is 1. The average Bonchev–Trinajstić information content (AvgIpc) is 2.47. The van der Waals surface area contributed by atoms with Crippen LogP contribution in [0.1, 0.15) is 32.5 Å². The summed E-state index contributed by atoms with van der Waals surface area (Å²) in [6.45, 7) is 6.93. The number of hydrogen-bond donors (Lipinski definition) is 0. The molecule has 21 heavy (non-hydrogen) atoms. The first-order valence-electron chi connectivity index (χ1n) is 7.24. The predicted molar refractivity (Wildman–Crippen MR) is 81.5 cm³/mol. The van der Waals surface area contributed by atoms with E-state index in [1.807, 2.05) is 25.7 Å². The molecule has 0 saturated carbocycles. The molecule has 2 heterocycles. The van der Waals surface area contributed by atoms with Gasteiger partial charge >= 0.3 is 0 Å². The molecule has 0 spiro atoms. The summed E-state index contributed by atoms with van der Waals surface area (Å²) in [5.41, 5.74) is -0.533. The average molecular weight is 312 g/mol. The van der Waals surface area contributed by atoms with Crippen molar-refractivity contribution in [1.29, 1.82) is 0 Å². The Morgan fingerprint density at radius 3 is 3.00 bits per heavy atom. The lowest BCUT2D eigenvalue weighted by Crippen LogP contribution is -2.49. The number of carbonyl (C=O) groups excluding carboxylic acids is 1. The normalized spacial score (nSPS) is 19.4. The molecule has 5 nitrogen and oxygen atoms in total. The minimum absolute atomic E-state index is 0.0249. The van der Waals surface area contributed by atoms with Crippen LogP contribution in [0.15, 0.2) is 12.3 Å². The van der Waals surface area contributed by atoms with Gasteiger partial charge < -0.3 is 9.64 Å². The van der Waals surface area contributed by atoms with Gasteiger partial charge in [-0.3, -0.25) is 4.79 Å². The SMILES string of the molecule is Cc1nccc(OC2CCCN(C(=O)C(C)(C)CCl)C2)n1. The number of amides is 1. The second-order valence-electron chi connectivity index (χ2n) is 6.09. The quantitative estimate of drug-likeness (QED) is 0.801. The molecule has 1 saturated heterocycles. The lowest BCUT2D eigenvalue weighted by Gasteiger charge is -2.36. The molecule has 1 aromatic rings.